The first-order valence-electron chi connectivity index (χ1n) is 13.6. The maximum Gasteiger partial charge on any atom is 0.328 e. The molecule has 1 fully saturated rings. The lowest BCUT2D eigenvalue weighted by molar-refractivity contribution is -0.384. The average Bonchev–Trinajstić information content (AvgIpc) is 3.41. The van der Waals surface area contributed by atoms with Crippen molar-refractivity contribution in [3.8, 4) is 11.3 Å². The topological polar surface area (TPSA) is 158 Å². The van der Waals surface area contributed by atoms with Gasteiger partial charge in [0.25, 0.3) is 5.69 Å². The standard InChI is InChI=1S/C29H36N4O7S/c1-5-40-27(36)24(15-20-11-12-23(30-17-20)21-9-8-10-22(16-21)33(38)39)31-28(37)29(13-6-7-14-29)32-26(35)25(18(2)3)41-19(4)34/h8-12,16-18,24-25H,5-7,13-15H2,1-4H3,(H,31,37)(H,32,35). The number of benzene rings is 1. The van der Waals surface area contributed by atoms with E-state index in [-0.39, 0.29) is 35.7 Å². The molecule has 1 aliphatic rings. The number of hydrogen-bond donors (Lipinski definition) is 2. The monoisotopic (exact) mass is 584 g/mol. The molecule has 220 valence electrons. The number of nitrogens with zero attached hydrogens (tertiary/aromatic N) is 2. The third-order valence-electron chi connectivity index (χ3n) is 6.90. The van der Waals surface area contributed by atoms with Crippen molar-refractivity contribution in [2.24, 2.45) is 5.92 Å². The van der Waals surface area contributed by atoms with Crippen LogP contribution >= 0.6 is 11.8 Å². The Kier molecular flexibility index (Phi) is 11.0. The van der Waals surface area contributed by atoms with Gasteiger partial charge >= 0.3 is 5.97 Å². The van der Waals surface area contributed by atoms with E-state index in [0.717, 1.165) is 24.6 Å². The zero-order chi connectivity index (χ0) is 30.2. The molecular weight excluding hydrogens is 548 g/mol. The molecule has 12 heteroatoms. The number of pyridine rings is 1. The minimum absolute atomic E-state index is 0.0500. The normalized spacial score (nSPS) is 15.5. The zero-order valence-electron chi connectivity index (χ0n) is 23.7. The van der Waals surface area contributed by atoms with Crippen LogP contribution in [0.15, 0.2) is 42.6 Å². The molecule has 1 aliphatic carbocycles. The Bertz CT molecular complexity index is 1280. The summed E-state index contributed by atoms with van der Waals surface area (Å²) < 4.78 is 5.23. The van der Waals surface area contributed by atoms with E-state index in [0.29, 0.717) is 29.7 Å². The van der Waals surface area contributed by atoms with E-state index in [4.69, 9.17) is 4.74 Å². The number of non-ortho nitro benzene ring substituents is 1. The van der Waals surface area contributed by atoms with Crippen molar-refractivity contribution in [2.45, 2.75) is 76.6 Å². The molecule has 0 spiro atoms. The van der Waals surface area contributed by atoms with Gasteiger partial charge in [-0.05, 0) is 37.3 Å². The van der Waals surface area contributed by atoms with Crippen LogP contribution in [0.25, 0.3) is 11.3 Å². The molecule has 3 rings (SSSR count). The molecule has 0 bridgehead atoms. The molecule has 0 saturated heterocycles. The Morgan fingerprint density at radius 3 is 2.41 bits per heavy atom. The Morgan fingerprint density at radius 1 is 1.15 bits per heavy atom. The highest BCUT2D eigenvalue weighted by Crippen LogP contribution is 2.32. The second-order valence-electron chi connectivity index (χ2n) is 10.4. The molecule has 1 saturated carbocycles. The van der Waals surface area contributed by atoms with Crippen molar-refractivity contribution in [1.29, 1.82) is 0 Å². The molecule has 2 N–H and O–H groups in total. The summed E-state index contributed by atoms with van der Waals surface area (Å²) in [6.45, 7) is 6.88. The van der Waals surface area contributed by atoms with E-state index in [1.165, 1.54) is 19.1 Å². The van der Waals surface area contributed by atoms with Crippen molar-refractivity contribution in [3.05, 3.63) is 58.3 Å². The summed E-state index contributed by atoms with van der Waals surface area (Å²) in [5.74, 6) is -1.60. The van der Waals surface area contributed by atoms with Gasteiger partial charge in [-0.15, -0.1) is 0 Å². The molecule has 41 heavy (non-hydrogen) atoms. The lowest BCUT2D eigenvalue weighted by atomic mass is 9.94. The molecule has 0 aliphatic heterocycles. The van der Waals surface area contributed by atoms with Crippen molar-refractivity contribution in [2.75, 3.05) is 6.61 Å². The minimum Gasteiger partial charge on any atom is -0.464 e. The van der Waals surface area contributed by atoms with Gasteiger partial charge in [-0.25, -0.2) is 4.79 Å². The van der Waals surface area contributed by atoms with Crippen molar-refractivity contribution >= 4 is 40.3 Å². The van der Waals surface area contributed by atoms with Crippen LogP contribution in [0.4, 0.5) is 5.69 Å². The average molecular weight is 585 g/mol. The number of nitro groups is 1. The number of rotatable bonds is 12. The van der Waals surface area contributed by atoms with E-state index < -0.39 is 33.6 Å². The summed E-state index contributed by atoms with van der Waals surface area (Å²) in [6, 6.07) is 8.51. The summed E-state index contributed by atoms with van der Waals surface area (Å²) >= 11 is 0.941. The number of ether oxygens (including phenoxy) is 1. The SMILES string of the molecule is CCOC(=O)C(Cc1ccc(-c2cccc([N+](=O)[O-])c2)nc1)NC(=O)C1(NC(=O)C(SC(C)=O)C(C)C)CCCC1. The van der Waals surface area contributed by atoms with Crippen LogP contribution in [-0.4, -0.2) is 56.2 Å². The maximum atomic E-state index is 13.7. The van der Waals surface area contributed by atoms with E-state index in [1.54, 1.807) is 37.4 Å². The first-order valence-corrected chi connectivity index (χ1v) is 14.5. The molecule has 2 aromatic rings. The number of aromatic nitrogens is 1. The van der Waals surface area contributed by atoms with Crippen LogP contribution in [-0.2, 0) is 30.3 Å². The highest BCUT2D eigenvalue weighted by Gasteiger charge is 2.45. The van der Waals surface area contributed by atoms with E-state index in [9.17, 15) is 29.3 Å². The number of thioether (sulfide) groups is 1. The van der Waals surface area contributed by atoms with Crippen LogP contribution in [0.5, 0.6) is 0 Å². The summed E-state index contributed by atoms with van der Waals surface area (Å²) in [4.78, 5) is 66.5. The quantitative estimate of drug-likeness (QED) is 0.214. The van der Waals surface area contributed by atoms with Gasteiger partial charge in [-0.3, -0.25) is 29.5 Å². The lowest BCUT2D eigenvalue weighted by Crippen LogP contribution is -2.61. The number of nitro benzene ring substituents is 1. The summed E-state index contributed by atoms with van der Waals surface area (Å²) in [5, 5.41) is 16.0. The second kappa shape index (κ2) is 14.2. The summed E-state index contributed by atoms with van der Waals surface area (Å²) in [7, 11) is 0. The van der Waals surface area contributed by atoms with Gasteiger partial charge in [-0.2, -0.15) is 0 Å². The molecular formula is C29H36N4O7S. The number of amides is 2. The predicted octanol–water partition coefficient (Wildman–Crippen LogP) is 3.98. The van der Waals surface area contributed by atoms with Crippen LogP contribution in [0, 0.1) is 16.0 Å². The number of esters is 1. The Morgan fingerprint density at radius 2 is 1.85 bits per heavy atom. The fourth-order valence-corrected chi connectivity index (χ4v) is 5.62. The third kappa shape index (κ3) is 8.35. The van der Waals surface area contributed by atoms with Crippen LogP contribution in [0.2, 0.25) is 0 Å². The highest BCUT2D eigenvalue weighted by atomic mass is 32.2. The Labute approximate surface area is 243 Å². The van der Waals surface area contributed by atoms with Crippen LogP contribution in [0.3, 0.4) is 0 Å². The number of hydrogen-bond acceptors (Lipinski definition) is 9. The van der Waals surface area contributed by atoms with E-state index in [1.807, 2.05) is 13.8 Å². The largest absolute Gasteiger partial charge is 0.464 e. The van der Waals surface area contributed by atoms with Gasteiger partial charge in [0.1, 0.15) is 11.6 Å². The van der Waals surface area contributed by atoms with Crippen molar-refractivity contribution in [3.63, 3.8) is 0 Å². The van der Waals surface area contributed by atoms with E-state index >= 15 is 0 Å². The smallest absolute Gasteiger partial charge is 0.328 e. The second-order valence-corrected chi connectivity index (χ2v) is 11.7. The molecule has 2 amide bonds. The van der Waals surface area contributed by atoms with Gasteiger partial charge < -0.3 is 15.4 Å². The first-order chi connectivity index (χ1) is 19.5. The molecule has 1 aromatic heterocycles. The Balaban J connectivity index is 1.79. The lowest BCUT2D eigenvalue weighted by Gasteiger charge is -2.33. The number of nitrogens with one attached hydrogen (secondary N) is 2. The van der Waals surface area contributed by atoms with E-state index in [2.05, 4.69) is 15.6 Å². The molecule has 11 nitrogen and oxygen atoms in total. The number of carbonyl (C=O) groups is 4. The van der Waals surface area contributed by atoms with Crippen LogP contribution < -0.4 is 10.6 Å². The fraction of sp³-hybridized carbons (Fsp3) is 0.483. The van der Waals surface area contributed by atoms with Crippen molar-refractivity contribution in [1.82, 2.24) is 15.6 Å². The van der Waals surface area contributed by atoms with Crippen LogP contribution in [0.1, 0.15) is 58.9 Å². The van der Waals surface area contributed by atoms with Gasteiger partial charge in [0.2, 0.25) is 11.8 Å². The van der Waals surface area contributed by atoms with Gasteiger partial charge in [0.15, 0.2) is 5.12 Å². The Hall–Kier alpha value is -3.80. The predicted molar refractivity (Wildman–Crippen MR) is 155 cm³/mol. The summed E-state index contributed by atoms with van der Waals surface area (Å²) in [6.07, 6.45) is 3.92. The maximum absolute atomic E-state index is 13.7. The highest BCUT2D eigenvalue weighted by molar-refractivity contribution is 8.14. The summed E-state index contributed by atoms with van der Waals surface area (Å²) in [5.41, 5.74) is 0.481. The molecule has 1 heterocycles. The van der Waals surface area contributed by atoms with Crippen molar-refractivity contribution < 1.29 is 28.8 Å². The molecule has 2 unspecified atom stereocenters. The van der Waals surface area contributed by atoms with Gasteiger partial charge in [-0.1, -0.05) is 56.7 Å². The third-order valence-corrected chi connectivity index (χ3v) is 8.25. The minimum atomic E-state index is -1.20. The number of carbonyl (C=O) groups excluding carboxylic acids is 4. The zero-order valence-corrected chi connectivity index (χ0v) is 24.5. The fourth-order valence-electron chi connectivity index (χ4n) is 4.83. The van der Waals surface area contributed by atoms with Gasteiger partial charge in [0.05, 0.1) is 22.5 Å². The molecule has 2 atom stereocenters. The van der Waals surface area contributed by atoms with Gasteiger partial charge in [0, 0.05) is 37.2 Å². The molecule has 0 radical (unpaired) electrons. The molecule has 1 aromatic carbocycles. The first kappa shape index (κ1) is 31.7.